The molecule has 0 fully saturated rings. The quantitative estimate of drug-likeness (QED) is 0.0646. The van der Waals surface area contributed by atoms with Crippen LogP contribution in [0.25, 0.3) is 0 Å². The molecule has 0 saturated carbocycles. The van der Waals surface area contributed by atoms with Gasteiger partial charge in [-0.1, -0.05) is 60.2 Å². The van der Waals surface area contributed by atoms with Gasteiger partial charge in [-0.25, -0.2) is 4.79 Å². The second-order valence-corrected chi connectivity index (χ2v) is 13.4. The summed E-state index contributed by atoms with van der Waals surface area (Å²) in [7, 11) is 1.19. The molecule has 5 atom stereocenters. The summed E-state index contributed by atoms with van der Waals surface area (Å²) in [4.78, 5) is 77.6. The number of aliphatic hydroxyl groups excluding tert-OH is 1. The Labute approximate surface area is 326 Å². The van der Waals surface area contributed by atoms with E-state index in [-0.39, 0.29) is 25.0 Å². The lowest BCUT2D eigenvalue weighted by Gasteiger charge is -2.23. The zero-order valence-electron chi connectivity index (χ0n) is 32.2. The summed E-state index contributed by atoms with van der Waals surface area (Å²) in [6, 6.07) is 17.2. The predicted molar refractivity (Wildman–Crippen MR) is 207 cm³/mol. The summed E-state index contributed by atoms with van der Waals surface area (Å²) in [5, 5.41) is 32.5. The van der Waals surface area contributed by atoms with Crippen LogP contribution in [-0.2, 0) is 52.8 Å². The number of rotatable bonds is 20. The van der Waals surface area contributed by atoms with Crippen LogP contribution < -0.4 is 31.3 Å². The third-order valence-corrected chi connectivity index (χ3v) is 8.44. The van der Waals surface area contributed by atoms with Gasteiger partial charge < -0.3 is 46.3 Å². The van der Waals surface area contributed by atoms with Gasteiger partial charge in [-0.05, 0) is 74.7 Å². The SMILES string of the molecule is COC(=O)C(Cc1ccc(OCC=C(C)C)cc1)NC(=O)C(C)NC(=O)C(Cc1ccc(O)cc1)NC(=O)CNC(=O)C(C)NC(=O)C(O)Cc1ccccc1. The number of ether oxygens (including phenoxy) is 2. The van der Waals surface area contributed by atoms with E-state index in [1.165, 1.54) is 33.1 Å². The fraction of sp³-hybridized carbons (Fsp3) is 0.366. The molecule has 0 aliphatic carbocycles. The number of carbonyl (C=O) groups excluding carboxylic acids is 6. The Morgan fingerprint density at radius 2 is 1.21 bits per heavy atom. The molecule has 0 aliphatic heterocycles. The van der Waals surface area contributed by atoms with Crippen LogP contribution in [0.5, 0.6) is 11.5 Å². The monoisotopic (exact) mass is 773 g/mol. The topological polar surface area (TPSA) is 221 Å². The minimum Gasteiger partial charge on any atom is -0.508 e. The molecule has 5 unspecified atom stereocenters. The summed E-state index contributed by atoms with van der Waals surface area (Å²) in [6.45, 7) is 6.57. The number of benzene rings is 3. The number of nitrogens with one attached hydrogen (secondary N) is 5. The first-order chi connectivity index (χ1) is 26.6. The number of carbonyl (C=O) groups is 6. The molecule has 0 bridgehead atoms. The number of methoxy groups -OCH3 is 1. The Balaban J connectivity index is 1.60. The van der Waals surface area contributed by atoms with E-state index >= 15 is 0 Å². The molecule has 56 heavy (non-hydrogen) atoms. The molecule has 3 aromatic rings. The summed E-state index contributed by atoms with van der Waals surface area (Å²) < 4.78 is 10.6. The highest BCUT2D eigenvalue weighted by atomic mass is 16.5. The fourth-order valence-electron chi connectivity index (χ4n) is 5.22. The molecule has 0 heterocycles. The number of esters is 1. The van der Waals surface area contributed by atoms with Crippen LogP contribution in [0.3, 0.4) is 0 Å². The molecule has 7 N–H and O–H groups in total. The van der Waals surface area contributed by atoms with Crippen molar-refractivity contribution in [2.75, 3.05) is 20.3 Å². The van der Waals surface area contributed by atoms with Crippen LogP contribution in [0.1, 0.15) is 44.4 Å². The highest BCUT2D eigenvalue weighted by molar-refractivity contribution is 5.95. The van der Waals surface area contributed by atoms with Crippen LogP contribution in [0.4, 0.5) is 0 Å². The van der Waals surface area contributed by atoms with Gasteiger partial charge in [0, 0.05) is 19.3 Å². The van der Waals surface area contributed by atoms with Crippen LogP contribution in [0, 0.1) is 0 Å². The number of phenols is 1. The van der Waals surface area contributed by atoms with E-state index in [0.717, 1.165) is 11.1 Å². The van der Waals surface area contributed by atoms with Crippen molar-refractivity contribution in [3.05, 3.63) is 107 Å². The molecular formula is C41H51N5O10. The molecule has 0 saturated heterocycles. The van der Waals surface area contributed by atoms with E-state index in [0.29, 0.717) is 23.5 Å². The van der Waals surface area contributed by atoms with E-state index in [9.17, 15) is 39.0 Å². The number of hydrogen-bond acceptors (Lipinski definition) is 10. The van der Waals surface area contributed by atoms with E-state index in [1.807, 2.05) is 19.9 Å². The number of aliphatic hydroxyl groups is 1. The smallest absolute Gasteiger partial charge is 0.328 e. The molecule has 300 valence electrons. The number of hydrogen-bond donors (Lipinski definition) is 7. The van der Waals surface area contributed by atoms with Gasteiger partial charge in [0.1, 0.15) is 48.4 Å². The molecule has 15 nitrogen and oxygen atoms in total. The Bertz CT molecular complexity index is 1810. The highest BCUT2D eigenvalue weighted by Crippen LogP contribution is 2.15. The molecule has 3 aromatic carbocycles. The lowest BCUT2D eigenvalue weighted by molar-refractivity contribution is -0.145. The fourth-order valence-corrected chi connectivity index (χ4v) is 5.22. The van der Waals surface area contributed by atoms with Crippen molar-refractivity contribution in [3.63, 3.8) is 0 Å². The average Bonchev–Trinajstić information content (AvgIpc) is 3.17. The van der Waals surface area contributed by atoms with Gasteiger partial charge in [0.25, 0.3) is 0 Å². The van der Waals surface area contributed by atoms with E-state index in [1.54, 1.807) is 66.7 Å². The van der Waals surface area contributed by atoms with Gasteiger partial charge in [0.15, 0.2) is 0 Å². The van der Waals surface area contributed by atoms with Crippen LogP contribution in [0.15, 0.2) is 90.5 Å². The van der Waals surface area contributed by atoms with Gasteiger partial charge in [0.05, 0.1) is 13.7 Å². The van der Waals surface area contributed by atoms with Crippen molar-refractivity contribution in [1.82, 2.24) is 26.6 Å². The lowest BCUT2D eigenvalue weighted by Crippen LogP contribution is -2.56. The maximum absolute atomic E-state index is 13.5. The largest absolute Gasteiger partial charge is 0.508 e. The second-order valence-electron chi connectivity index (χ2n) is 13.4. The molecule has 0 spiro atoms. The van der Waals surface area contributed by atoms with Crippen molar-refractivity contribution >= 4 is 35.5 Å². The molecule has 3 rings (SSSR count). The minimum absolute atomic E-state index is 0.00973. The summed E-state index contributed by atoms with van der Waals surface area (Å²) in [6.07, 6.45) is 0.623. The van der Waals surface area contributed by atoms with Crippen molar-refractivity contribution < 1.29 is 48.5 Å². The average molecular weight is 774 g/mol. The number of aromatic hydroxyl groups is 1. The molecule has 0 aromatic heterocycles. The Hall–Kier alpha value is -6.22. The normalized spacial score (nSPS) is 13.3. The van der Waals surface area contributed by atoms with Crippen LogP contribution in [0.2, 0.25) is 0 Å². The molecular weight excluding hydrogens is 722 g/mol. The maximum Gasteiger partial charge on any atom is 0.328 e. The predicted octanol–water partition coefficient (Wildman–Crippen LogP) is 1.39. The van der Waals surface area contributed by atoms with Gasteiger partial charge in [-0.3, -0.25) is 24.0 Å². The van der Waals surface area contributed by atoms with E-state index < -0.39 is 72.3 Å². The molecule has 15 heteroatoms. The van der Waals surface area contributed by atoms with E-state index in [2.05, 4.69) is 26.6 Å². The number of phenolic OH excluding ortho intramolecular Hbond substituents is 1. The number of allylic oxidation sites excluding steroid dienone is 1. The van der Waals surface area contributed by atoms with Gasteiger partial charge in [-0.2, -0.15) is 0 Å². The molecule has 0 radical (unpaired) electrons. The first kappa shape index (κ1) is 44.2. The van der Waals surface area contributed by atoms with E-state index in [4.69, 9.17) is 9.47 Å². The van der Waals surface area contributed by atoms with Crippen molar-refractivity contribution in [1.29, 1.82) is 0 Å². The van der Waals surface area contributed by atoms with Gasteiger partial charge >= 0.3 is 5.97 Å². The van der Waals surface area contributed by atoms with Gasteiger partial charge in [0.2, 0.25) is 29.5 Å². The third kappa shape index (κ3) is 15.3. The van der Waals surface area contributed by atoms with Crippen molar-refractivity contribution in [2.45, 2.75) is 77.2 Å². The van der Waals surface area contributed by atoms with Crippen molar-refractivity contribution in [3.8, 4) is 11.5 Å². The zero-order valence-corrected chi connectivity index (χ0v) is 32.2. The van der Waals surface area contributed by atoms with Crippen LogP contribution in [-0.4, -0.2) is 96.3 Å². The van der Waals surface area contributed by atoms with Crippen LogP contribution >= 0.6 is 0 Å². The first-order valence-electron chi connectivity index (χ1n) is 18.1. The summed E-state index contributed by atoms with van der Waals surface area (Å²) in [5.41, 5.74) is 3.13. The van der Waals surface area contributed by atoms with Gasteiger partial charge in [-0.15, -0.1) is 0 Å². The minimum atomic E-state index is -1.40. The highest BCUT2D eigenvalue weighted by Gasteiger charge is 2.29. The Morgan fingerprint density at radius 1 is 0.661 bits per heavy atom. The summed E-state index contributed by atoms with van der Waals surface area (Å²) in [5.74, 6) is -3.74. The number of amides is 5. The third-order valence-electron chi connectivity index (χ3n) is 8.44. The summed E-state index contributed by atoms with van der Waals surface area (Å²) >= 11 is 0. The maximum atomic E-state index is 13.5. The Kier molecular flexibility index (Phi) is 17.5. The second kappa shape index (κ2) is 22.2. The Morgan fingerprint density at radius 3 is 1.82 bits per heavy atom. The zero-order chi connectivity index (χ0) is 41.2. The standard InChI is InChI=1S/C41H51N5O10/c1-25(2)19-20-56-32-17-13-30(14-18-32)22-34(41(54)55-5)46-38(51)27(4)43-39(52)33(21-29-11-15-31(47)16-12-29)45-36(49)24-42-37(50)26(3)44-40(53)35(48)23-28-9-7-6-8-10-28/h6-19,26-27,33-35,47-48H,20-24H2,1-5H3,(H,42,50)(H,43,52)(H,44,53)(H,45,49)(H,46,51). The lowest BCUT2D eigenvalue weighted by atomic mass is 10.0. The van der Waals surface area contributed by atoms with Crippen molar-refractivity contribution in [2.24, 2.45) is 0 Å². The molecule has 5 amide bonds. The first-order valence-corrected chi connectivity index (χ1v) is 18.1. The molecule has 0 aliphatic rings.